The third kappa shape index (κ3) is 1.45. The minimum absolute atomic E-state index is 0.597. The quantitative estimate of drug-likeness (QED) is 0.531. The lowest BCUT2D eigenvalue weighted by molar-refractivity contribution is 0.320. The summed E-state index contributed by atoms with van der Waals surface area (Å²) in [6, 6.07) is 0. The van der Waals surface area contributed by atoms with Gasteiger partial charge in [-0.2, -0.15) is 0 Å². The Kier molecular flexibility index (Phi) is 2.12. The van der Waals surface area contributed by atoms with Crippen molar-refractivity contribution in [2.75, 3.05) is 0 Å². The van der Waals surface area contributed by atoms with Crippen LogP contribution in [0.2, 0.25) is 0 Å². The summed E-state index contributed by atoms with van der Waals surface area (Å²) in [5.74, 6) is 0.773. The van der Waals surface area contributed by atoms with Gasteiger partial charge in [0.25, 0.3) is 0 Å². The molecule has 1 aliphatic heterocycles. The maximum atomic E-state index is 5.42. The summed E-state index contributed by atoms with van der Waals surface area (Å²) in [7, 11) is 0. The summed E-state index contributed by atoms with van der Waals surface area (Å²) in [6.45, 7) is 6.67. The molecular weight excluding hydrogens is 112 g/mol. The lowest BCUT2D eigenvalue weighted by atomic mass is 10.0. The first-order chi connectivity index (χ1) is 4.29. The van der Waals surface area contributed by atoms with Crippen molar-refractivity contribution in [1.29, 1.82) is 0 Å². The molecule has 9 heavy (non-hydrogen) atoms. The van der Waals surface area contributed by atoms with Gasteiger partial charge in [-0.05, 0) is 12.3 Å². The van der Waals surface area contributed by atoms with Crippen molar-refractivity contribution < 1.29 is 4.74 Å². The molecule has 1 rings (SSSR count). The summed E-state index contributed by atoms with van der Waals surface area (Å²) in [5.41, 5.74) is 0. The lowest BCUT2D eigenvalue weighted by Gasteiger charge is -2.00. The van der Waals surface area contributed by atoms with Crippen LogP contribution in [0.1, 0.15) is 33.6 Å². The van der Waals surface area contributed by atoms with E-state index >= 15 is 0 Å². The Hall–Kier alpha value is -0.0400. The molecule has 0 radical (unpaired) electrons. The van der Waals surface area contributed by atoms with Gasteiger partial charge in [-0.15, -0.1) is 0 Å². The van der Waals surface area contributed by atoms with Crippen molar-refractivity contribution >= 4 is 0 Å². The fraction of sp³-hybridized carbons (Fsp3) is 1.00. The molecule has 1 saturated heterocycles. The molecule has 0 aromatic rings. The second-order valence-electron chi connectivity index (χ2n) is 2.93. The molecule has 1 fully saturated rings. The Morgan fingerprint density at radius 3 is 2.44 bits per heavy atom. The van der Waals surface area contributed by atoms with E-state index in [-0.39, 0.29) is 0 Å². The monoisotopic (exact) mass is 128 g/mol. The molecule has 1 nitrogen and oxygen atoms in total. The van der Waals surface area contributed by atoms with Gasteiger partial charge in [0.2, 0.25) is 0 Å². The zero-order chi connectivity index (χ0) is 6.85. The van der Waals surface area contributed by atoms with E-state index in [0.29, 0.717) is 12.2 Å². The minimum Gasteiger partial charge on any atom is -0.369 e. The average molecular weight is 128 g/mol. The number of ether oxygens (including phenoxy) is 1. The van der Waals surface area contributed by atoms with E-state index in [2.05, 4.69) is 20.8 Å². The number of hydrogen-bond donors (Lipinski definition) is 0. The summed E-state index contributed by atoms with van der Waals surface area (Å²) < 4.78 is 5.42. The lowest BCUT2D eigenvalue weighted by Crippen LogP contribution is -2.04. The summed E-state index contributed by atoms with van der Waals surface area (Å²) in [6.07, 6.45) is 3.64. The number of epoxide rings is 1. The zero-order valence-electron chi connectivity index (χ0n) is 6.55. The molecule has 1 aliphatic rings. The van der Waals surface area contributed by atoms with Crippen LogP contribution in [0.15, 0.2) is 0 Å². The van der Waals surface area contributed by atoms with E-state index in [0.717, 1.165) is 5.92 Å². The van der Waals surface area contributed by atoms with E-state index in [4.69, 9.17) is 4.74 Å². The third-order valence-corrected chi connectivity index (χ3v) is 2.23. The third-order valence-electron chi connectivity index (χ3n) is 2.23. The molecule has 1 heteroatoms. The Labute approximate surface area is 57.4 Å². The van der Waals surface area contributed by atoms with E-state index < -0.39 is 0 Å². The van der Waals surface area contributed by atoms with Crippen molar-refractivity contribution in [1.82, 2.24) is 0 Å². The first-order valence-corrected chi connectivity index (χ1v) is 3.95. The van der Waals surface area contributed by atoms with Crippen molar-refractivity contribution in [2.24, 2.45) is 5.92 Å². The molecule has 3 unspecified atom stereocenters. The van der Waals surface area contributed by atoms with E-state index in [9.17, 15) is 0 Å². The Balaban J connectivity index is 2.17. The van der Waals surface area contributed by atoms with Crippen molar-refractivity contribution in [3.05, 3.63) is 0 Å². The van der Waals surface area contributed by atoms with Gasteiger partial charge in [0.15, 0.2) is 0 Å². The largest absolute Gasteiger partial charge is 0.369 e. The van der Waals surface area contributed by atoms with Gasteiger partial charge in [-0.1, -0.05) is 27.2 Å². The van der Waals surface area contributed by atoms with Crippen LogP contribution in [0.4, 0.5) is 0 Å². The fourth-order valence-electron chi connectivity index (χ4n) is 1.22. The SMILES string of the molecule is CCC(C)C1OC1CC. The second-order valence-corrected chi connectivity index (χ2v) is 2.93. The van der Waals surface area contributed by atoms with Gasteiger partial charge in [-0.3, -0.25) is 0 Å². The molecule has 1 heterocycles. The Morgan fingerprint density at radius 2 is 2.11 bits per heavy atom. The second kappa shape index (κ2) is 2.70. The van der Waals surface area contributed by atoms with Crippen LogP contribution in [0.5, 0.6) is 0 Å². The molecular formula is C8H16O. The minimum atomic E-state index is 0.597. The van der Waals surface area contributed by atoms with Gasteiger partial charge in [-0.25, -0.2) is 0 Å². The van der Waals surface area contributed by atoms with E-state index in [1.54, 1.807) is 0 Å². The van der Waals surface area contributed by atoms with Crippen molar-refractivity contribution in [3.8, 4) is 0 Å². The van der Waals surface area contributed by atoms with Gasteiger partial charge in [0.05, 0.1) is 12.2 Å². The molecule has 54 valence electrons. The maximum absolute atomic E-state index is 5.42. The van der Waals surface area contributed by atoms with Crippen LogP contribution in [-0.2, 0) is 4.74 Å². The van der Waals surface area contributed by atoms with Gasteiger partial charge >= 0.3 is 0 Å². The van der Waals surface area contributed by atoms with Crippen molar-refractivity contribution in [2.45, 2.75) is 45.8 Å². The predicted octanol–water partition coefficient (Wildman–Crippen LogP) is 2.21. The van der Waals surface area contributed by atoms with E-state index in [1.165, 1.54) is 12.8 Å². The Bertz CT molecular complexity index is 90.6. The van der Waals surface area contributed by atoms with Crippen LogP contribution < -0.4 is 0 Å². The molecule has 0 saturated carbocycles. The summed E-state index contributed by atoms with van der Waals surface area (Å²) in [4.78, 5) is 0. The normalized spacial score (nSPS) is 36.3. The van der Waals surface area contributed by atoms with E-state index in [1.807, 2.05) is 0 Å². The summed E-state index contributed by atoms with van der Waals surface area (Å²) >= 11 is 0. The molecule has 0 spiro atoms. The highest BCUT2D eigenvalue weighted by atomic mass is 16.6. The van der Waals surface area contributed by atoms with Crippen LogP contribution in [0.25, 0.3) is 0 Å². The molecule has 0 aromatic heterocycles. The molecule has 0 aromatic carbocycles. The Morgan fingerprint density at radius 1 is 1.44 bits per heavy atom. The van der Waals surface area contributed by atoms with Crippen molar-refractivity contribution in [3.63, 3.8) is 0 Å². The molecule has 3 atom stereocenters. The highest BCUT2D eigenvalue weighted by Gasteiger charge is 2.40. The average Bonchev–Trinajstić information content (AvgIpc) is 2.64. The number of rotatable bonds is 3. The number of hydrogen-bond acceptors (Lipinski definition) is 1. The van der Waals surface area contributed by atoms with Gasteiger partial charge < -0.3 is 4.74 Å². The smallest absolute Gasteiger partial charge is 0.0867 e. The zero-order valence-corrected chi connectivity index (χ0v) is 6.55. The van der Waals surface area contributed by atoms with Crippen LogP contribution in [0, 0.1) is 5.92 Å². The first kappa shape index (κ1) is 7.07. The van der Waals surface area contributed by atoms with Crippen LogP contribution >= 0.6 is 0 Å². The highest BCUT2D eigenvalue weighted by Crippen LogP contribution is 2.32. The molecule has 0 amide bonds. The standard InChI is InChI=1S/C8H16O/c1-4-6(3)8-7(5-2)9-8/h6-8H,4-5H2,1-3H3. The first-order valence-electron chi connectivity index (χ1n) is 3.95. The molecule has 0 N–H and O–H groups in total. The van der Waals surface area contributed by atoms with Crippen LogP contribution in [0.3, 0.4) is 0 Å². The predicted molar refractivity (Wildman–Crippen MR) is 38.4 cm³/mol. The summed E-state index contributed by atoms with van der Waals surface area (Å²) in [5, 5.41) is 0. The highest BCUT2D eigenvalue weighted by molar-refractivity contribution is 4.86. The maximum Gasteiger partial charge on any atom is 0.0867 e. The topological polar surface area (TPSA) is 12.5 Å². The fourth-order valence-corrected chi connectivity index (χ4v) is 1.22. The van der Waals surface area contributed by atoms with Gasteiger partial charge in [0, 0.05) is 0 Å². The molecule has 0 aliphatic carbocycles. The molecule has 0 bridgehead atoms. The van der Waals surface area contributed by atoms with Gasteiger partial charge in [0.1, 0.15) is 0 Å². The van der Waals surface area contributed by atoms with Crippen LogP contribution in [-0.4, -0.2) is 12.2 Å².